The molecular weight excluding hydrogens is 236 g/mol. The second-order valence-corrected chi connectivity index (χ2v) is 5.42. The Hall–Kier alpha value is -1.51. The van der Waals surface area contributed by atoms with Gasteiger partial charge >= 0.3 is 0 Å². The summed E-state index contributed by atoms with van der Waals surface area (Å²) < 4.78 is 0. The molecule has 0 atom stereocenters. The second-order valence-electron chi connectivity index (χ2n) is 5.42. The van der Waals surface area contributed by atoms with E-state index < -0.39 is 0 Å². The lowest BCUT2D eigenvalue weighted by atomic mass is 10.1. The summed E-state index contributed by atoms with van der Waals surface area (Å²) in [5.74, 6) is 0.973. The quantitative estimate of drug-likeness (QED) is 0.738. The lowest BCUT2D eigenvalue weighted by Gasteiger charge is -2.12. The summed E-state index contributed by atoms with van der Waals surface area (Å²) in [6, 6.07) is 5.92. The molecule has 1 amide bonds. The van der Waals surface area contributed by atoms with Crippen LogP contribution >= 0.6 is 0 Å². The van der Waals surface area contributed by atoms with Crippen LogP contribution in [-0.2, 0) is 0 Å². The van der Waals surface area contributed by atoms with Crippen LogP contribution in [0, 0.1) is 12.8 Å². The van der Waals surface area contributed by atoms with Gasteiger partial charge in [0.05, 0.1) is 5.56 Å². The van der Waals surface area contributed by atoms with Crippen LogP contribution in [0.4, 0.5) is 5.69 Å². The minimum atomic E-state index is 0.0340. The summed E-state index contributed by atoms with van der Waals surface area (Å²) in [5, 5.41) is 6.28. The van der Waals surface area contributed by atoms with Gasteiger partial charge in [0, 0.05) is 18.8 Å². The number of anilines is 1. The van der Waals surface area contributed by atoms with Crippen LogP contribution in [0.15, 0.2) is 18.2 Å². The highest BCUT2D eigenvalue weighted by molar-refractivity contribution is 5.99. The van der Waals surface area contributed by atoms with E-state index in [-0.39, 0.29) is 5.91 Å². The molecule has 19 heavy (non-hydrogen) atoms. The Labute approximate surface area is 115 Å². The van der Waals surface area contributed by atoms with Crippen LogP contribution in [0.3, 0.4) is 0 Å². The van der Waals surface area contributed by atoms with E-state index in [0.717, 1.165) is 36.7 Å². The Morgan fingerprint density at radius 2 is 2.16 bits per heavy atom. The van der Waals surface area contributed by atoms with E-state index >= 15 is 0 Å². The molecule has 0 heterocycles. The Morgan fingerprint density at radius 3 is 2.84 bits per heavy atom. The molecule has 1 aliphatic carbocycles. The molecule has 0 saturated heterocycles. The molecule has 0 aliphatic heterocycles. The molecule has 3 heteroatoms. The Morgan fingerprint density at radius 1 is 1.37 bits per heavy atom. The Kier molecular flexibility index (Phi) is 4.83. The molecule has 0 radical (unpaired) electrons. The second kappa shape index (κ2) is 6.60. The van der Waals surface area contributed by atoms with Crippen molar-refractivity contribution in [3.8, 4) is 0 Å². The van der Waals surface area contributed by atoms with E-state index in [1.807, 2.05) is 32.0 Å². The van der Waals surface area contributed by atoms with Crippen molar-refractivity contribution in [3.63, 3.8) is 0 Å². The van der Waals surface area contributed by atoms with Crippen LogP contribution in [-0.4, -0.2) is 19.0 Å². The van der Waals surface area contributed by atoms with Gasteiger partial charge in [-0.25, -0.2) is 0 Å². The van der Waals surface area contributed by atoms with Gasteiger partial charge in [-0.15, -0.1) is 0 Å². The van der Waals surface area contributed by atoms with E-state index in [2.05, 4.69) is 10.6 Å². The Bertz CT molecular complexity index is 438. The fourth-order valence-corrected chi connectivity index (χ4v) is 2.29. The molecule has 2 N–H and O–H groups in total. The van der Waals surface area contributed by atoms with Crippen LogP contribution < -0.4 is 10.6 Å². The summed E-state index contributed by atoms with van der Waals surface area (Å²) in [4.78, 5) is 12.2. The standard InChI is InChI=1S/C16H24N2O/c1-3-17-15-11-12(2)6-9-14(15)16(19)18-10-4-5-13-7-8-13/h6,9,11,13,17H,3-5,7-8,10H2,1-2H3,(H,18,19). The fourth-order valence-electron chi connectivity index (χ4n) is 2.29. The molecule has 3 nitrogen and oxygen atoms in total. The van der Waals surface area contributed by atoms with Crippen molar-refractivity contribution in [3.05, 3.63) is 29.3 Å². The van der Waals surface area contributed by atoms with Crippen molar-refractivity contribution in [2.24, 2.45) is 5.92 Å². The number of hydrogen-bond acceptors (Lipinski definition) is 2. The zero-order valence-electron chi connectivity index (χ0n) is 12.0. The largest absolute Gasteiger partial charge is 0.385 e. The number of hydrogen-bond donors (Lipinski definition) is 2. The third-order valence-corrected chi connectivity index (χ3v) is 3.56. The molecule has 1 aromatic carbocycles. The Balaban J connectivity index is 1.88. The van der Waals surface area contributed by atoms with Gasteiger partial charge in [-0.1, -0.05) is 18.9 Å². The molecule has 104 valence electrons. The van der Waals surface area contributed by atoms with Crippen molar-refractivity contribution in [1.82, 2.24) is 5.32 Å². The highest BCUT2D eigenvalue weighted by Gasteiger charge is 2.20. The third-order valence-electron chi connectivity index (χ3n) is 3.56. The van der Waals surface area contributed by atoms with Crippen molar-refractivity contribution in [2.75, 3.05) is 18.4 Å². The monoisotopic (exact) mass is 260 g/mol. The first-order chi connectivity index (χ1) is 9.20. The van der Waals surface area contributed by atoms with Crippen LogP contribution in [0.5, 0.6) is 0 Å². The number of nitrogens with one attached hydrogen (secondary N) is 2. The number of benzene rings is 1. The summed E-state index contributed by atoms with van der Waals surface area (Å²) in [6.07, 6.45) is 5.13. The van der Waals surface area contributed by atoms with Crippen LogP contribution in [0.1, 0.15) is 48.5 Å². The predicted octanol–water partition coefficient (Wildman–Crippen LogP) is 3.35. The van der Waals surface area contributed by atoms with Gasteiger partial charge in [0.15, 0.2) is 0 Å². The van der Waals surface area contributed by atoms with E-state index in [0.29, 0.717) is 0 Å². The van der Waals surface area contributed by atoms with Crippen LogP contribution in [0.2, 0.25) is 0 Å². The summed E-state index contributed by atoms with van der Waals surface area (Å²) in [6.45, 7) is 5.69. The SMILES string of the molecule is CCNc1cc(C)ccc1C(=O)NCCCC1CC1. The number of aryl methyl sites for hydroxylation is 1. The normalized spacial score (nSPS) is 14.2. The van der Waals surface area contributed by atoms with E-state index in [1.54, 1.807) is 0 Å². The zero-order chi connectivity index (χ0) is 13.7. The maximum atomic E-state index is 12.2. The lowest BCUT2D eigenvalue weighted by Crippen LogP contribution is -2.25. The number of carbonyl (C=O) groups excluding carboxylic acids is 1. The van der Waals surface area contributed by atoms with E-state index in [9.17, 15) is 4.79 Å². The first-order valence-electron chi connectivity index (χ1n) is 7.33. The van der Waals surface area contributed by atoms with Gasteiger partial charge in [0.25, 0.3) is 5.91 Å². The minimum absolute atomic E-state index is 0.0340. The highest BCUT2D eigenvalue weighted by atomic mass is 16.1. The zero-order valence-corrected chi connectivity index (χ0v) is 12.0. The van der Waals surface area contributed by atoms with Crippen molar-refractivity contribution in [2.45, 2.75) is 39.5 Å². The molecule has 1 fully saturated rings. The maximum Gasteiger partial charge on any atom is 0.253 e. The van der Waals surface area contributed by atoms with Gasteiger partial charge < -0.3 is 10.6 Å². The molecular formula is C16H24N2O. The van der Waals surface area contributed by atoms with E-state index in [1.165, 1.54) is 24.8 Å². The average molecular weight is 260 g/mol. The van der Waals surface area contributed by atoms with E-state index in [4.69, 9.17) is 0 Å². The maximum absolute atomic E-state index is 12.2. The predicted molar refractivity (Wildman–Crippen MR) is 79.6 cm³/mol. The number of carbonyl (C=O) groups is 1. The number of rotatable bonds is 7. The molecule has 0 bridgehead atoms. The summed E-state index contributed by atoms with van der Waals surface area (Å²) >= 11 is 0. The van der Waals surface area contributed by atoms with Gasteiger partial charge in [-0.05, 0) is 50.3 Å². The van der Waals surface area contributed by atoms with Crippen molar-refractivity contribution >= 4 is 11.6 Å². The lowest BCUT2D eigenvalue weighted by molar-refractivity contribution is 0.0953. The molecule has 1 aliphatic rings. The van der Waals surface area contributed by atoms with Crippen LogP contribution in [0.25, 0.3) is 0 Å². The number of amides is 1. The smallest absolute Gasteiger partial charge is 0.253 e. The first-order valence-corrected chi connectivity index (χ1v) is 7.33. The van der Waals surface area contributed by atoms with Crippen molar-refractivity contribution < 1.29 is 4.79 Å². The summed E-state index contributed by atoms with van der Waals surface area (Å²) in [5.41, 5.74) is 2.85. The summed E-state index contributed by atoms with van der Waals surface area (Å²) in [7, 11) is 0. The highest BCUT2D eigenvalue weighted by Crippen LogP contribution is 2.33. The topological polar surface area (TPSA) is 41.1 Å². The average Bonchev–Trinajstić information content (AvgIpc) is 3.19. The molecule has 0 unspecified atom stereocenters. The van der Waals surface area contributed by atoms with Crippen molar-refractivity contribution in [1.29, 1.82) is 0 Å². The molecule has 1 aromatic rings. The van der Waals surface area contributed by atoms with Gasteiger partial charge in [0.1, 0.15) is 0 Å². The third kappa shape index (κ3) is 4.27. The molecule has 0 aromatic heterocycles. The van der Waals surface area contributed by atoms with Gasteiger partial charge in [0.2, 0.25) is 0 Å². The molecule has 0 spiro atoms. The first kappa shape index (κ1) is 13.9. The van der Waals surface area contributed by atoms with Gasteiger partial charge in [-0.3, -0.25) is 4.79 Å². The fraction of sp³-hybridized carbons (Fsp3) is 0.562. The van der Waals surface area contributed by atoms with Gasteiger partial charge in [-0.2, -0.15) is 0 Å². The minimum Gasteiger partial charge on any atom is -0.385 e. The molecule has 1 saturated carbocycles. The molecule has 2 rings (SSSR count).